The molecule has 60 heavy (non-hydrogen) atoms. The number of benzene rings is 1. The minimum Gasteiger partial charge on any atom is -0.480 e. The van der Waals surface area contributed by atoms with E-state index in [4.69, 9.17) is 28.7 Å². The fourth-order valence-electron chi connectivity index (χ4n) is 5.50. The number of guanidine groups is 1. The van der Waals surface area contributed by atoms with Gasteiger partial charge in [-0.2, -0.15) is 24.4 Å². The summed E-state index contributed by atoms with van der Waals surface area (Å²) >= 11 is 5.69. The number of carbonyl (C=O) groups is 8. The molecule has 7 atom stereocenters. The van der Waals surface area contributed by atoms with E-state index in [9.17, 15) is 43.5 Å². The predicted octanol–water partition coefficient (Wildman–Crippen LogP) is -3.30. The van der Waals surface area contributed by atoms with Crippen LogP contribution in [0, 0.1) is 0 Å². The molecule has 0 spiro atoms. The first-order valence-electron chi connectivity index (χ1n) is 19.4. The highest BCUT2D eigenvalue weighted by molar-refractivity contribution is 7.98. The van der Waals surface area contributed by atoms with Gasteiger partial charge in [-0.1, -0.05) is 30.3 Å². The van der Waals surface area contributed by atoms with Crippen molar-refractivity contribution in [2.75, 3.05) is 30.9 Å². The van der Waals surface area contributed by atoms with Gasteiger partial charge in [-0.25, -0.2) is 4.79 Å². The summed E-state index contributed by atoms with van der Waals surface area (Å²) in [6, 6.07) is 0.0225. The lowest BCUT2D eigenvalue weighted by atomic mass is 10.0. The molecule has 23 heteroatoms. The largest absolute Gasteiger partial charge is 0.480 e. The number of unbranched alkanes of at least 4 members (excludes halogenated alkanes) is 1. The summed E-state index contributed by atoms with van der Waals surface area (Å²) in [5, 5.41) is 25.0. The summed E-state index contributed by atoms with van der Waals surface area (Å²) in [6.45, 7) is 1.85. The van der Waals surface area contributed by atoms with E-state index in [2.05, 4.69) is 49.5 Å². The van der Waals surface area contributed by atoms with E-state index < -0.39 is 89.6 Å². The van der Waals surface area contributed by atoms with Crippen molar-refractivity contribution < 1.29 is 43.5 Å². The van der Waals surface area contributed by atoms with Gasteiger partial charge in [0.2, 0.25) is 41.4 Å². The molecule has 0 fully saturated rings. The fraction of sp³-hybridized carbons (Fsp3) is 0.595. The molecular weight excluding hydrogens is 821 g/mol. The number of primary amides is 1. The molecule has 0 aliphatic heterocycles. The van der Waals surface area contributed by atoms with Crippen LogP contribution in [-0.2, 0) is 44.8 Å². The lowest BCUT2D eigenvalue weighted by molar-refractivity contribution is -0.142. The number of nitrogens with one attached hydrogen (secondary N) is 6. The van der Waals surface area contributed by atoms with Crippen LogP contribution in [0.3, 0.4) is 0 Å². The van der Waals surface area contributed by atoms with Gasteiger partial charge in [-0.05, 0) is 76.0 Å². The van der Waals surface area contributed by atoms with Gasteiger partial charge in [-0.3, -0.25) is 38.6 Å². The quantitative estimate of drug-likeness (QED) is 0.0156. The fourth-order valence-corrected chi connectivity index (χ4v) is 6.23. The van der Waals surface area contributed by atoms with Crippen molar-refractivity contribution in [2.24, 2.45) is 33.7 Å². The summed E-state index contributed by atoms with van der Waals surface area (Å²) in [7, 11) is 0. The smallest absolute Gasteiger partial charge is 0.326 e. The first-order chi connectivity index (χ1) is 28.4. The third-order valence-corrected chi connectivity index (χ3v) is 9.85. The number of hydrogen-bond donors (Lipinski definition) is 13. The Balaban J connectivity index is 3.36. The van der Waals surface area contributed by atoms with Gasteiger partial charge in [0.25, 0.3) is 0 Å². The Kier molecular flexibility index (Phi) is 25.7. The van der Waals surface area contributed by atoms with Gasteiger partial charge in [0.1, 0.15) is 36.3 Å². The molecule has 0 aliphatic carbocycles. The van der Waals surface area contributed by atoms with Crippen molar-refractivity contribution >= 4 is 77.7 Å². The van der Waals surface area contributed by atoms with E-state index in [1.54, 1.807) is 30.3 Å². The zero-order chi connectivity index (χ0) is 45.2. The van der Waals surface area contributed by atoms with Crippen molar-refractivity contribution in [1.29, 1.82) is 0 Å². The zero-order valence-electron chi connectivity index (χ0n) is 34.0. The first kappa shape index (κ1) is 52.9. The highest BCUT2D eigenvalue weighted by atomic mass is 32.2. The molecular formula is C37H62N12O9S2. The van der Waals surface area contributed by atoms with E-state index in [0.717, 1.165) is 0 Å². The van der Waals surface area contributed by atoms with Crippen molar-refractivity contribution in [3.8, 4) is 0 Å². The van der Waals surface area contributed by atoms with Crippen LogP contribution in [0.1, 0.15) is 63.9 Å². The minimum absolute atomic E-state index is 0.0121. The Morgan fingerprint density at radius 3 is 1.68 bits per heavy atom. The molecule has 0 saturated heterocycles. The standard InChI is InChI=1S/C37H62N12O9S2/c1-21(39)30(51)44-25(15-18-60-2)33(54)48-27(19-22-9-4-3-5-10-22)34(55)49-28(20-59)35(56)46-24(13-14-29(40)50)32(53)45-23(12-8-17-43-37(41)42)31(52)47-26(36(57)58)11-6-7-16-38/h3-5,9-10,21,23-28,59H,6-8,11-20,38-39H2,1-2H3,(H2,40,50)(H,44,51)(H,45,53)(H,46,56)(H,47,52)(H,48,54)(H,49,55)(H,57,58)(H4,41,42,43)/t21-,23-,24-,25-,26-,27-,28-/m0/s1. The Labute approximate surface area is 359 Å². The average Bonchev–Trinajstić information content (AvgIpc) is 3.20. The van der Waals surface area contributed by atoms with Gasteiger partial charge in [0.15, 0.2) is 5.96 Å². The molecule has 0 aromatic heterocycles. The van der Waals surface area contributed by atoms with Crippen LogP contribution >= 0.6 is 24.4 Å². The Morgan fingerprint density at radius 1 is 0.683 bits per heavy atom. The molecule has 0 unspecified atom stereocenters. The molecule has 1 aromatic carbocycles. The topological polar surface area (TPSA) is 371 Å². The molecule has 0 radical (unpaired) electrons. The van der Waals surface area contributed by atoms with Crippen LogP contribution in [0.25, 0.3) is 0 Å². The van der Waals surface area contributed by atoms with Crippen molar-refractivity contribution in [3.63, 3.8) is 0 Å². The van der Waals surface area contributed by atoms with E-state index in [-0.39, 0.29) is 63.2 Å². The maximum atomic E-state index is 13.9. The van der Waals surface area contributed by atoms with Crippen LogP contribution in [0.5, 0.6) is 0 Å². The third kappa shape index (κ3) is 21.2. The summed E-state index contributed by atoms with van der Waals surface area (Å²) in [5.41, 5.74) is 28.0. The molecule has 0 saturated carbocycles. The average molecular weight is 883 g/mol. The molecule has 17 N–H and O–H groups in total. The van der Waals surface area contributed by atoms with Crippen LogP contribution in [-0.4, -0.2) is 132 Å². The van der Waals surface area contributed by atoms with E-state index >= 15 is 0 Å². The van der Waals surface area contributed by atoms with Gasteiger partial charge >= 0.3 is 5.97 Å². The van der Waals surface area contributed by atoms with Gasteiger partial charge in [0.05, 0.1) is 6.04 Å². The van der Waals surface area contributed by atoms with Gasteiger partial charge in [0, 0.05) is 25.1 Å². The first-order valence-corrected chi connectivity index (χ1v) is 21.4. The second-order valence-corrected chi connectivity index (χ2v) is 15.2. The third-order valence-electron chi connectivity index (χ3n) is 8.84. The number of carbonyl (C=O) groups excluding carboxylic acids is 7. The molecule has 336 valence electrons. The molecule has 0 heterocycles. The number of thioether (sulfide) groups is 1. The second kappa shape index (κ2) is 29.2. The zero-order valence-corrected chi connectivity index (χ0v) is 35.7. The van der Waals surface area contributed by atoms with Crippen molar-refractivity contribution in [1.82, 2.24) is 31.9 Å². The molecule has 7 amide bonds. The molecule has 1 rings (SSSR count). The number of carboxylic acid groups (broad SMARTS) is 1. The number of aliphatic imine (C=N–C) groups is 1. The number of rotatable bonds is 30. The number of hydrogen-bond acceptors (Lipinski definition) is 13. The monoisotopic (exact) mass is 882 g/mol. The van der Waals surface area contributed by atoms with Crippen LogP contribution in [0.2, 0.25) is 0 Å². The lowest BCUT2D eigenvalue weighted by Gasteiger charge is -2.27. The highest BCUT2D eigenvalue weighted by Crippen LogP contribution is 2.09. The van der Waals surface area contributed by atoms with Crippen molar-refractivity contribution in [3.05, 3.63) is 35.9 Å². The normalized spacial score (nSPS) is 14.3. The summed E-state index contributed by atoms with van der Waals surface area (Å²) in [4.78, 5) is 108. The SMILES string of the molecule is CSCC[C@H](NC(=O)[C@H](C)N)C(=O)N[C@@H](Cc1ccccc1)C(=O)N[C@@H](CS)C(=O)N[C@@H](CCC(N)=O)C(=O)N[C@@H](CCCN=C(N)N)C(=O)N[C@@H](CCCCN)C(=O)O. The van der Waals surface area contributed by atoms with Crippen LogP contribution < -0.4 is 60.6 Å². The predicted molar refractivity (Wildman–Crippen MR) is 231 cm³/mol. The van der Waals surface area contributed by atoms with Crippen LogP contribution in [0.15, 0.2) is 35.3 Å². The Hall–Kier alpha value is -5.13. The Bertz CT molecular complexity index is 1600. The van der Waals surface area contributed by atoms with E-state index in [1.807, 2.05) is 6.26 Å². The highest BCUT2D eigenvalue weighted by Gasteiger charge is 2.33. The number of nitrogens with two attached hydrogens (primary N) is 5. The molecule has 1 aromatic rings. The maximum absolute atomic E-state index is 13.9. The summed E-state index contributed by atoms with van der Waals surface area (Å²) in [6.07, 6.45) is 2.46. The summed E-state index contributed by atoms with van der Waals surface area (Å²) < 4.78 is 0. The van der Waals surface area contributed by atoms with E-state index in [0.29, 0.717) is 30.7 Å². The number of nitrogens with zero attached hydrogens (tertiary/aromatic N) is 1. The number of thiol groups is 1. The Morgan fingerprint density at radius 2 is 1.17 bits per heavy atom. The van der Waals surface area contributed by atoms with Gasteiger partial charge < -0.3 is 65.7 Å². The van der Waals surface area contributed by atoms with Gasteiger partial charge in [-0.15, -0.1) is 0 Å². The van der Waals surface area contributed by atoms with Crippen molar-refractivity contribution in [2.45, 2.75) is 107 Å². The second-order valence-electron chi connectivity index (χ2n) is 13.9. The lowest BCUT2D eigenvalue weighted by Crippen LogP contribution is -2.60. The molecule has 21 nitrogen and oxygen atoms in total. The maximum Gasteiger partial charge on any atom is 0.326 e. The van der Waals surface area contributed by atoms with E-state index in [1.165, 1.54) is 18.7 Å². The molecule has 0 bridgehead atoms. The van der Waals surface area contributed by atoms with Crippen LogP contribution in [0.4, 0.5) is 0 Å². The molecule has 0 aliphatic rings. The summed E-state index contributed by atoms with van der Waals surface area (Å²) in [5.74, 6) is -6.79. The minimum atomic E-state index is -1.48. The number of aliphatic carboxylic acids is 1. The number of carboxylic acids is 1. The number of amides is 7.